The van der Waals surface area contributed by atoms with Gasteiger partial charge in [-0.1, -0.05) is 0 Å². The number of carboxylic acids is 1. The summed E-state index contributed by atoms with van der Waals surface area (Å²) in [6.07, 6.45) is 1.34. The van der Waals surface area contributed by atoms with Crippen molar-refractivity contribution in [2.45, 2.75) is 12.5 Å². The van der Waals surface area contributed by atoms with E-state index in [1.807, 2.05) is 0 Å². The van der Waals surface area contributed by atoms with Crippen LogP contribution < -0.4 is 10.6 Å². The number of fused-ring (bicyclic) bond motifs is 1. The minimum absolute atomic E-state index is 0.0237. The Morgan fingerprint density at radius 3 is 2.73 bits per heavy atom. The van der Waals surface area contributed by atoms with Crippen LogP contribution in [-0.4, -0.2) is 37.7 Å². The number of aromatic carboxylic acids is 1. The van der Waals surface area contributed by atoms with Crippen LogP contribution in [0.1, 0.15) is 22.8 Å². The van der Waals surface area contributed by atoms with Crippen molar-refractivity contribution in [2.75, 3.05) is 10.6 Å². The van der Waals surface area contributed by atoms with E-state index in [0.29, 0.717) is 5.69 Å². The van der Waals surface area contributed by atoms with Gasteiger partial charge in [0, 0.05) is 5.69 Å². The normalized spacial score (nSPS) is 16.5. The largest absolute Gasteiger partial charge is 0.478 e. The highest BCUT2D eigenvalue weighted by Crippen LogP contribution is 2.23. The molecule has 0 aliphatic carbocycles. The van der Waals surface area contributed by atoms with E-state index in [1.165, 1.54) is 35.2 Å². The molecule has 112 valence electrons. The van der Waals surface area contributed by atoms with Crippen molar-refractivity contribution in [3.63, 3.8) is 0 Å². The minimum Gasteiger partial charge on any atom is -0.478 e. The third-order valence-electron chi connectivity index (χ3n) is 3.24. The molecule has 9 nitrogen and oxygen atoms in total. The number of carboxylic acid groups (broad SMARTS) is 1. The first-order valence-electron chi connectivity index (χ1n) is 6.38. The van der Waals surface area contributed by atoms with Gasteiger partial charge in [-0.15, -0.1) is 10.2 Å². The van der Waals surface area contributed by atoms with E-state index in [-0.39, 0.29) is 23.8 Å². The smallest absolute Gasteiger partial charge is 0.335 e. The van der Waals surface area contributed by atoms with Crippen LogP contribution in [-0.2, 0) is 9.59 Å². The third kappa shape index (κ3) is 2.51. The molecular formula is C13H11N5O4. The fraction of sp³-hybridized carbons (Fsp3) is 0.154. The standard InChI is InChI=1S/C13H11N5O4/c19-10-5-9(18-6-14-17-13(18)16-10)11(20)15-8-3-1-7(2-4-8)12(21)22/h1-4,6,9H,5H2,(H,15,20)(H,21,22)(H,16,17,19)/t9-/m0/s1. The first-order chi connectivity index (χ1) is 10.5. The number of amides is 2. The van der Waals surface area contributed by atoms with Crippen LogP contribution in [0.2, 0.25) is 0 Å². The molecule has 0 bridgehead atoms. The van der Waals surface area contributed by atoms with Gasteiger partial charge in [-0.2, -0.15) is 0 Å². The number of rotatable bonds is 3. The molecule has 1 aromatic carbocycles. The van der Waals surface area contributed by atoms with Gasteiger partial charge >= 0.3 is 5.97 Å². The van der Waals surface area contributed by atoms with E-state index in [1.54, 1.807) is 0 Å². The molecule has 1 aliphatic heterocycles. The zero-order valence-electron chi connectivity index (χ0n) is 11.2. The van der Waals surface area contributed by atoms with E-state index in [4.69, 9.17) is 5.11 Å². The van der Waals surface area contributed by atoms with Crippen LogP contribution in [0.15, 0.2) is 30.6 Å². The van der Waals surface area contributed by atoms with Gasteiger partial charge in [0.1, 0.15) is 12.4 Å². The van der Waals surface area contributed by atoms with Crippen LogP contribution >= 0.6 is 0 Å². The van der Waals surface area contributed by atoms with Crippen LogP contribution in [0.5, 0.6) is 0 Å². The van der Waals surface area contributed by atoms with Crippen molar-refractivity contribution in [2.24, 2.45) is 0 Å². The molecule has 0 fully saturated rings. The van der Waals surface area contributed by atoms with Crippen LogP contribution in [0.25, 0.3) is 0 Å². The summed E-state index contributed by atoms with van der Waals surface area (Å²) >= 11 is 0. The Morgan fingerprint density at radius 2 is 2.05 bits per heavy atom. The number of nitrogens with zero attached hydrogens (tertiary/aromatic N) is 3. The highest BCUT2D eigenvalue weighted by atomic mass is 16.4. The molecule has 2 aromatic rings. The Kier molecular flexibility index (Phi) is 3.30. The molecule has 3 rings (SSSR count). The number of benzene rings is 1. The van der Waals surface area contributed by atoms with Crippen molar-refractivity contribution >= 4 is 29.4 Å². The minimum atomic E-state index is -1.05. The van der Waals surface area contributed by atoms with Gasteiger partial charge in [-0.25, -0.2) is 4.79 Å². The number of nitrogens with one attached hydrogen (secondary N) is 2. The Hall–Kier alpha value is -3.23. The number of hydrogen-bond donors (Lipinski definition) is 3. The molecule has 0 saturated carbocycles. The Bertz CT molecular complexity index is 752. The van der Waals surface area contributed by atoms with Gasteiger partial charge in [0.05, 0.1) is 12.0 Å². The topological polar surface area (TPSA) is 126 Å². The lowest BCUT2D eigenvalue weighted by Gasteiger charge is -2.23. The maximum Gasteiger partial charge on any atom is 0.335 e. The van der Waals surface area contributed by atoms with Crippen molar-refractivity contribution < 1.29 is 19.5 Å². The number of carbonyl (C=O) groups is 3. The lowest BCUT2D eigenvalue weighted by Crippen LogP contribution is -2.35. The van der Waals surface area contributed by atoms with Crippen molar-refractivity contribution in [3.05, 3.63) is 36.2 Å². The van der Waals surface area contributed by atoms with E-state index < -0.39 is 17.9 Å². The van der Waals surface area contributed by atoms with Crippen LogP contribution in [0.4, 0.5) is 11.6 Å². The van der Waals surface area contributed by atoms with Crippen LogP contribution in [0, 0.1) is 0 Å². The lowest BCUT2D eigenvalue weighted by atomic mass is 10.1. The summed E-state index contributed by atoms with van der Waals surface area (Å²) in [7, 11) is 0. The summed E-state index contributed by atoms with van der Waals surface area (Å²) in [4.78, 5) is 34.7. The van der Waals surface area contributed by atoms with E-state index in [9.17, 15) is 14.4 Å². The zero-order valence-corrected chi connectivity index (χ0v) is 11.2. The SMILES string of the molecule is O=C1C[C@@H](C(=O)Nc2ccc(C(=O)O)cc2)n2cnnc2N1. The summed E-state index contributed by atoms with van der Waals surface area (Å²) in [5, 5.41) is 21.4. The molecule has 1 aromatic heterocycles. The molecule has 3 N–H and O–H groups in total. The molecule has 2 amide bonds. The summed E-state index contributed by atoms with van der Waals surface area (Å²) in [5.74, 6) is -1.55. The molecule has 0 spiro atoms. The maximum absolute atomic E-state index is 12.3. The molecule has 1 atom stereocenters. The van der Waals surface area contributed by atoms with E-state index >= 15 is 0 Å². The zero-order chi connectivity index (χ0) is 15.7. The van der Waals surface area contributed by atoms with Crippen molar-refractivity contribution in [1.29, 1.82) is 0 Å². The van der Waals surface area contributed by atoms with E-state index in [2.05, 4.69) is 20.8 Å². The second kappa shape index (κ2) is 5.28. The highest BCUT2D eigenvalue weighted by molar-refractivity contribution is 6.01. The molecular weight excluding hydrogens is 290 g/mol. The fourth-order valence-corrected chi connectivity index (χ4v) is 2.15. The number of hydrogen-bond acceptors (Lipinski definition) is 5. The molecule has 2 heterocycles. The van der Waals surface area contributed by atoms with Gasteiger partial charge in [0.15, 0.2) is 0 Å². The third-order valence-corrected chi connectivity index (χ3v) is 3.24. The maximum atomic E-state index is 12.3. The average Bonchev–Trinajstić information content (AvgIpc) is 2.94. The number of carbonyl (C=O) groups excluding carboxylic acids is 2. The van der Waals surface area contributed by atoms with Gasteiger partial charge in [0.2, 0.25) is 17.8 Å². The van der Waals surface area contributed by atoms with Gasteiger partial charge < -0.3 is 10.4 Å². The Labute approximate surface area is 124 Å². The number of anilines is 2. The first-order valence-corrected chi connectivity index (χ1v) is 6.38. The lowest BCUT2D eigenvalue weighted by molar-refractivity contribution is -0.125. The average molecular weight is 301 g/mol. The van der Waals surface area contributed by atoms with Gasteiger partial charge in [-0.3, -0.25) is 19.5 Å². The molecule has 0 saturated heterocycles. The second-order valence-electron chi connectivity index (χ2n) is 4.70. The highest BCUT2D eigenvalue weighted by Gasteiger charge is 2.31. The second-order valence-corrected chi connectivity index (χ2v) is 4.70. The Balaban J connectivity index is 1.78. The fourth-order valence-electron chi connectivity index (χ4n) is 2.15. The molecule has 1 aliphatic rings. The molecule has 0 unspecified atom stereocenters. The monoisotopic (exact) mass is 301 g/mol. The predicted molar refractivity (Wildman–Crippen MR) is 74.3 cm³/mol. The molecule has 9 heteroatoms. The first kappa shape index (κ1) is 13.7. The van der Waals surface area contributed by atoms with Crippen molar-refractivity contribution in [3.8, 4) is 0 Å². The Morgan fingerprint density at radius 1 is 1.32 bits per heavy atom. The summed E-state index contributed by atoms with van der Waals surface area (Å²) in [5.41, 5.74) is 0.562. The summed E-state index contributed by atoms with van der Waals surface area (Å²) in [6, 6.07) is 4.98. The van der Waals surface area contributed by atoms with Crippen molar-refractivity contribution in [1.82, 2.24) is 14.8 Å². The van der Waals surface area contributed by atoms with Crippen LogP contribution in [0.3, 0.4) is 0 Å². The van der Waals surface area contributed by atoms with E-state index in [0.717, 1.165) is 0 Å². The molecule has 22 heavy (non-hydrogen) atoms. The van der Waals surface area contributed by atoms with Gasteiger partial charge in [-0.05, 0) is 24.3 Å². The summed E-state index contributed by atoms with van der Waals surface area (Å²) < 4.78 is 1.47. The van der Waals surface area contributed by atoms with Gasteiger partial charge in [0.25, 0.3) is 0 Å². The summed E-state index contributed by atoms with van der Waals surface area (Å²) in [6.45, 7) is 0. The quantitative estimate of drug-likeness (QED) is 0.757. The molecule has 0 radical (unpaired) electrons. The number of aromatic nitrogens is 3. The predicted octanol–water partition coefficient (Wildman–Crippen LogP) is 0.498.